The van der Waals surface area contributed by atoms with Crippen LogP contribution in [-0.2, 0) is 9.47 Å². The summed E-state index contributed by atoms with van der Waals surface area (Å²) < 4.78 is 0. The minimum absolute atomic E-state index is 0. The number of rotatable bonds is 2. The van der Waals surface area contributed by atoms with Crippen LogP contribution in [0.3, 0.4) is 0 Å². The fourth-order valence-corrected chi connectivity index (χ4v) is 4.44. The van der Waals surface area contributed by atoms with E-state index in [2.05, 4.69) is 117 Å². The molecule has 0 radical (unpaired) electrons. The zero-order valence-electron chi connectivity index (χ0n) is 19.6. The van der Waals surface area contributed by atoms with Gasteiger partial charge in [-0.2, -0.15) is 0 Å². The predicted octanol–water partition coefficient (Wildman–Crippen LogP) is 9.96. The Morgan fingerprint density at radius 2 is 1.26 bits per heavy atom. The van der Waals surface area contributed by atoms with Gasteiger partial charge in [0.2, 0.25) is 0 Å². The Bertz CT molecular complexity index is 786. The Morgan fingerprint density at radius 3 is 1.62 bits per heavy atom. The fourth-order valence-electron chi connectivity index (χ4n) is 3.98. The van der Waals surface area contributed by atoms with Crippen molar-refractivity contribution < 1.29 is 9.47 Å². The van der Waals surface area contributed by atoms with Gasteiger partial charge in [-0.1, -0.05) is 34.8 Å². The van der Waals surface area contributed by atoms with E-state index < -0.39 is 0 Å². The molecule has 2 atom stereocenters. The maximum atomic E-state index is 6.06. The van der Waals surface area contributed by atoms with Crippen molar-refractivity contribution in [2.75, 3.05) is 27.2 Å². The minimum atomic E-state index is 0. The Morgan fingerprint density at radius 1 is 0.853 bits per heavy atom. The molecule has 2 saturated heterocycles. The molecule has 0 saturated carbocycles. The summed E-state index contributed by atoms with van der Waals surface area (Å²) in [7, 11) is 4.91. The number of pyridine rings is 2. The summed E-state index contributed by atoms with van der Waals surface area (Å²) in [5.74, 6) is 0. The summed E-state index contributed by atoms with van der Waals surface area (Å²) in [6.07, 6.45) is 8.68. The molecule has 2 aliphatic rings. The molecule has 0 spiro atoms. The summed E-state index contributed by atoms with van der Waals surface area (Å²) in [5, 5.41) is 1.71. The quantitative estimate of drug-likeness (QED) is 0.171. The second kappa shape index (κ2) is 20.5. The van der Waals surface area contributed by atoms with E-state index in [1.165, 1.54) is 43.4 Å². The van der Waals surface area contributed by atoms with Gasteiger partial charge in [-0.15, -0.1) is 0 Å². The van der Waals surface area contributed by atoms with Gasteiger partial charge in [0.15, 0.2) is 0 Å². The number of likely N-dealkylation sites (tertiary alicyclic amines) is 2. The first-order valence-electron chi connectivity index (χ1n) is 10.2. The Labute approximate surface area is 273 Å². The molecule has 0 aromatic carbocycles. The molecule has 2 aliphatic heterocycles. The van der Waals surface area contributed by atoms with Crippen molar-refractivity contribution >= 4 is 112 Å². The van der Waals surface area contributed by atoms with Crippen molar-refractivity contribution in [2.45, 2.75) is 44.7 Å². The summed E-state index contributed by atoms with van der Waals surface area (Å²) in [6.45, 7) is 4.26. The van der Waals surface area contributed by atoms with Crippen molar-refractivity contribution in [1.82, 2.24) is 19.8 Å². The van der Waals surface area contributed by atoms with E-state index in [0.29, 0.717) is 31.7 Å². The van der Waals surface area contributed by atoms with E-state index in [-0.39, 0.29) is 7.43 Å². The summed E-state index contributed by atoms with van der Waals surface area (Å²) in [5.41, 5.74) is 3.33. The summed E-state index contributed by atoms with van der Waals surface area (Å²) in [6, 6.07) is 4.94. The molecule has 193 valence electrons. The first-order valence-corrected chi connectivity index (χ1v) is 26.6. The third-order valence-corrected chi connectivity index (χ3v) is 6.74. The van der Waals surface area contributed by atoms with Crippen LogP contribution in [0.1, 0.15) is 54.6 Å². The van der Waals surface area contributed by atoms with E-state index in [0.717, 1.165) is 17.3 Å². The molecule has 0 unspecified atom stereocenters. The molecule has 0 amide bonds. The number of aromatic nitrogens is 2. The Kier molecular flexibility index (Phi) is 22.1. The normalized spacial score (nSPS) is 19.5. The van der Waals surface area contributed by atoms with Crippen molar-refractivity contribution in [3.05, 3.63) is 64.0 Å². The van der Waals surface area contributed by atoms with Gasteiger partial charge in [0.25, 0.3) is 0 Å². The van der Waals surface area contributed by atoms with Crippen molar-refractivity contribution in [3.63, 3.8) is 0 Å². The molecule has 0 aliphatic carbocycles. The van der Waals surface area contributed by atoms with Crippen LogP contribution < -0.4 is 0 Å². The molecular weight excluding hydrogens is 985 g/mol. The molecule has 0 N–H and O–H groups in total. The molecule has 2 fully saturated rings. The predicted molar refractivity (Wildman–Crippen MR) is 180 cm³/mol. The van der Waals surface area contributed by atoms with E-state index in [9.17, 15) is 0 Å². The van der Waals surface area contributed by atoms with Crippen LogP contribution >= 0.6 is 112 Å². The number of hydrogen-bond acceptors (Lipinski definition) is 4. The van der Waals surface area contributed by atoms with Crippen LogP contribution in [0.2, 0.25) is 15.2 Å². The molecule has 0 bridgehead atoms. The monoisotopic (exact) mass is 1010 g/mol. The van der Waals surface area contributed by atoms with Crippen LogP contribution in [0.15, 0.2) is 24.5 Å². The van der Waals surface area contributed by atoms with Crippen LogP contribution in [0.4, 0.5) is 0 Å². The van der Waals surface area contributed by atoms with Gasteiger partial charge < -0.3 is 7.43 Å². The van der Waals surface area contributed by atoms with Crippen LogP contribution in [-0.4, -0.2) is 47.0 Å². The summed E-state index contributed by atoms with van der Waals surface area (Å²) in [4.78, 5) is 13.0. The van der Waals surface area contributed by atoms with Gasteiger partial charge in [0.1, 0.15) is 5.15 Å². The fraction of sp³-hybridized carbons (Fsp3) is 0.500. The molecule has 4 rings (SSSR count). The molecular formula is C22H30Cl3I4N4V-. The molecule has 34 heavy (non-hydrogen) atoms. The van der Waals surface area contributed by atoms with E-state index in [1.54, 1.807) is 0 Å². The van der Waals surface area contributed by atoms with Gasteiger partial charge in [-0.25, -0.2) is 4.98 Å². The molecule has 4 heterocycles. The zero-order valence-corrected chi connectivity index (χ0v) is 31.9. The first-order chi connectivity index (χ1) is 15.8. The number of aryl methyl sites for hydroxylation is 1. The maximum absolute atomic E-state index is 6.06. The van der Waals surface area contributed by atoms with Gasteiger partial charge in [-0.3, -0.25) is 14.8 Å². The van der Waals surface area contributed by atoms with Gasteiger partial charge in [0.05, 0.1) is 15.7 Å². The van der Waals surface area contributed by atoms with Crippen molar-refractivity contribution in [3.8, 4) is 0 Å². The van der Waals surface area contributed by atoms with Crippen molar-refractivity contribution in [2.24, 2.45) is 0 Å². The number of halogens is 7. The Hall–Kier alpha value is 2.59. The standard InChI is InChI=1S/C11H15ClN2.C10H12Cl2N2.CH3.I2.2HI.V/c1-8-10(12)6-9(7-13-8)11-4-3-5-14(11)2;1-14-4-2-3-9(14)7-5-8(11)10(12)13-6-7;;1-2;;;/h6-7,11H,3-5H2,1-2H3;5-6,9H,2-4H2,1H3;1H3;;2*1H;/q;;-1;;;;+2/p-2/t11-;9-;;;;;/m00...../s1. The van der Waals surface area contributed by atoms with E-state index >= 15 is 0 Å². The molecule has 12 heteroatoms. The molecule has 2 aromatic heterocycles. The Balaban J connectivity index is 0.000000527. The third-order valence-electron chi connectivity index (χ3n) is 5.67. The van der Waals surface area contributed by atoms with E-state index in [4.69, 9.17) is 34.8 Å². The van der Waals surface area contributed by atoms with Crippen molar-refractivity contribution in [1.29, 1.82) is 0 Å². The summed E-state index contributed by atoms with van der Waals surface area (Å²) >= 11 is 26.7. The van der Waals surface area contributed by atoms with Crippen LogP contribution in [0.25, 0.3) is 0 Å². The molecule has 4 nitrogen and oxygen atoms in total. The van der Waals surface area contributed by atoms with E-state index in [1.807, 2.05) is 25.4 Å². The van der Waals surface area contributed by atoms with Crippen LogP contribution in [0, 0.1) is 14.4 Å². The first kappa shape index (κ1) is 36.6. The number of nitrogens with zero attached hydrogens (tertiary/aromatic N) is 4. The van der Waals surface area contributed by atoms with Crippen LogP contribution in [0.5, 0.6) is 0 Å². The van der Waals surface area contributed by atoms with Gasteiger partial charge in [-0.05, 0) is 83.1 Å². The number of hydrogen-bond donors (Lipinski definition) is 0. The topological polar surface area (TPSA) is 32.3 Å². The average molecular weight is 1020 g/mol. The second-order valence-corrected chi connectivity index (χ2v) is 20.7. The molecule has 2 aromatic rings. The second-order valence-electron chi connectivity index (χ2n) is 7.72. The van der Waals surface area contributed by atoms with Gasteiger partial charge in [0, 0.05) is 61.7 Å². The average Bonchev–Trinajstić information content (AvgIpc) is 3.43. The third kappa shape index (κ3) is 12.2. The zero-order chi connectivity index (χ0) is 25.0. The van der Waals surface area contributed by atoms with Gasteiger partial charge >= 0.3 is 49.4 Å². The SMILES string of the molecule is CN1CCC[C@H]1c1cnc(Cl)c(Cl)c1.Cc1ncc([C@@H]2CCCN2C)cc1Cl.II.[CH3-].[I][V][I].